The molecule has 0 saturated carbocycles. The minimum Gasteiger partial charge on any atom is -0.271 e. The first-order valence-electron chi connectivity index (χ1n) is 5.30. The van der Waals surface area contributed by atoms with Crippen LogP contribution < -0.4 is 11.3 Å². The first-order valence-corrected chi connectivity index (χ1v) is 5.68. The maximum Gasteiger partial charge on any atom is 0.129 e. The lowest BCUT2D eigenvalue weighted by Gasteiger charge is -2.24. The highest BCUT2D eigenvalue weighted by Gasteiger charge is 2.18. The van der Waals surface area contributed by atoms with Crippen molar-refractivity contribution in [1.82, 2.24) is 10.4 Å². The second kappa shape index (κ2) is 6.05. The summed E-state index contributed by atoms with van der Waals surface area (Å²) in [6.45, 7) is 4.34. The van der Waals surface area contributed by atoms with Gasteiger partial charge in [-0.1, -0.05) is 44.4 Å². The Morgan fingerprint density at radius 2 is 2.07 bits per heavy atom. The Bertz CT molecular complexity index is 282. The van der Waals surface area contributed by atoms with Gasteiger partial charge in [0.15, 0.2) is 0 Å². The van der Waals surface area contributed by atoms with Crippen molar-refractivity contribution >= 4 is 11.6 Å². The van der Waals surface area contributed by atoms with Crippen molar-refractivity contribution < 1.29 is 0 Å². The summed E-state index contributed by atoms with van der Waals surface area (Å²) in [4.78, 5) is 4.07. The summed E-state index contributed by atoms with van der Waals surface area (Å²) in [5.74, 6) is 6.11. The van der Waals surface area contributed by atoms with Crippen molar-refractivity contribution in [3.63, 3.8) is 0 Å². The second-order valence-corrected chi connectivity index (χ2v) is 4.02. The highest BCUT2D eigenvalue weighted by molar-refractivity contribution is 6.29. The maximum absolute atomic E-state index is 5.74. The van der Waals surface area contributed by atoms with Gasteiger partial charge in [-0.2, -0.15) is 0 Å². The summed E-state index contributed by atoms with van der Waals surface area (Å²) in [5.41, 5.74) is 3.95. The first-order chi connectivity index (χ1) is 7.22. The van der Waals surface area contributed by atoms with Crippen molar-refractivity contribution in [2.24, 2.45) is 11.8 Å². The van der Waals surface area contributed by atoms with Crippen LogP contribution >= 0.6 is 11.6 Å². The standard InChI is InChI=1S/C11H18ClN3/c1-3-8(4-2)11(15-13)9-5-6-10(12)14-7-9/h5-8,11,15H,3-4,13H2,1-2H3. The number of aromatic nitrogens is 1. The Hall–Kier alpha value is -0.640. The molecule has 4 heteroatoms. The Morgan fingerprint density at radius 1 is 1.40 bits per heavy atom. The third-order valence-corrected chi connectivity index (χ3v) is 3.03. The average Bonchev–Trinajstić information content (AvgIpc) is 2.27. The molecule has 0 aliphatic carbocycles. The lowest BCUT2D eigenvalue weighted by atomic mass is 9.90. The number of nitrogens with zero attached hydrogens (tertiary/aromatic N) is 1. The van der Waals surface area contributed by atoms with Gasteiger partial charge in [0.2, 0.25) is 0 Å². The SMILES string of the molecule is CCC(CC)C(NN)c1ccc(Cl)nc1. The normalized spacial score (nSPS) is 13.1. The van der Waals surface area contributed by atoms with Gasteiger partial charge in [-0.3, -0.25) is 11.3 Å². The van der Waals surface area contributed by atoms with Gasteiger partial charge >= 0.3 is 0 Å². The third-order valence-electron chi connectivity index (χ3n) is 2.81. The van der Waals surface area contributed by atoms with E-state index >= 15 is 0 Å². The number of hydrazine groups is 1. The molecule has 0 bridgehead atoms. The second-order valence-electron chi connectivity index (χ2n) is 3.64. The van der Waals surface area contributed by atoms with Crippen LogP contribution in [0.25, 0.3) is 0 Å². The quantitative estimate of drug-likeness (QED) is 0.462. The first kappa shape index (κ1) is 12.4. The zero-order valence-corrected chi connectivity index (χ0v) is 9.96. The molecule has 15 heavy (non-hydrogen) atoms. The van der Waals surface area contributed by atoms with Gasteiger partial charge in [0.25, 0.3) is 0 Å². The van der Waals surface area contributed by atoms with E-state index in [9.17, 15) is 0 Å². The van der Waals surface area contributed by atoms with E-state index in [1.165, 1.54) is 0 Å². The number of hydrogen-bond donors (Lipinski definition) is 2. The molecule has 0 aliphatic heterocycles. The zero-order valence-electron chi connectivity index (χ0n) is 9.20. The maximum atomic E-state index is 5.74. The lowest BCUT2D eigenvalue weighted by Crippen LogP contribution is -2.33. The highest BCUT2D eigenvalue weighted by Crippen LogP contribution is 2.26. The molecule has 1 aromatic rings. The fourth-order valence-corrected chi connectivity index (χ4v) is 1.95. The van der Waals surface area contributed by atoms with E-state index < -0.39 is 0 Å². The van der Waals surface area contributed by atoms with Crippen molar-refractivity contribution in [2.75, 3.05) is 0 Å². The summed E-state index contributed by atoms with van der Waals surface area (Å²) in [7, 11) is 0. The van der Waals surface area contributed by atoms with Crippen LogP contribution in [0, 0.1) is 5.92 Å². The summed E-state index contributed by atoms with van der Waals surface area (Å²) >= 11 is 5.74. The molecule has 0 aromatic carbocycles. The van der Waals surface area contributed by atoms with E-state index in [4.69, 9.17) is 17.4 Å². The van der Waals surface area contributed by atoms with Crippen LogP contribution in [0.2, 0.25) is 5.15 Å². The number of pyridine rings is 1. The van der Waals surface area contributed by atoms with E-state index in [1.807, 2.05) is 6.07 Å². The highest BCUT2D eigenvalue weighted by atomic mass is 35.5. The summed E-state index contributed by atoms with van der Waals surface area (Å²) < 4.78 is 0. The predicted molar refractivity (Wildman–Crippen MR) is 63.4 cm³/mol. The molecule has 3 nitrogen and oxygen atoms in total. The molecule has 0 spiro atoms. The van der Waals surface area contributed by atoms with Gasteiger partial charge < -0.3 is 0 Å². The van der Waals surface area contributed by atoms with Crippen LogP contribution in [0.3, 0.4) is 0 Å². The van der Waals surface area contributed by atoms with E-state index in [2.05, 4.69) is 24.3 Å². The molecule has 84 valence electrons. The molecule has 0 amide bonds. The Labute approximate surface area is 96.0 Å². The van der Waals surface area contributed by atoms with Gasteiger partial charge in [-0.05, 0) is 17.5 Å². The molecular weight excluding hydrogens is 210 g/mol. The van der Waals surface area contributed by atoms with Crippen LogP contribution in [0.15, 0.2) is 18.3 Å². The number of halogens is 1. The topological polar surface area (TPSA) is 50.9 Å². The number of hydrogen-bond acceptors (Lipinski definition) is 3. The van der Waals surface area contributed by atoms with Crippen molar-refractivity contribution in [3.8, 4) is 0 Å². The Morgan fingerprint density at radius 3 is 2.47 bits per heavy atom. The molecule has 0 radical (unpaired) electrons. The minimum absolute atomic E-state index is 0.157. The smallest absolute Gasteiger partial charge is 0.129 e. The molecule has 3 N–H and O–H groups in total. The predicted octanol–water partition coefficient (Wildman–Crippen LogP) is 2.68. The molecule has 0 fully saturated rings. The summed E-state index contributed by atoms with van der Waals surface area (Å²) in [6.07, 6.45) is 3.97. The van der Waals surface area contributed by atoms with Crippen LogP contribution in [0.1, 0.15) is 38.3 Å². The Balaban J connectivity index is 2.86. The van der Waals surface area contributed by atoms with Gasteiger partial charge in [0.1, 0.15) is 5.15 Å². The third kappa shape index (κ3) is 3.16. The molecule has 0 saturated heterocycles. The van der Waals surface area contributed by atoms with Crippen molar-refractivity contribution in [2.45, 2.75) is 32.7 Å². The molecule has 1 unspecified atom stereocenters. The fourth-order valence-electron chi connectivity index (χ4n) is 1.84. The van der Waals surface area contributed by atoms with Gasteiger partial charge in [0.05, 0.1) is 6.04 Å². The zero-order chi connectivity index (χ0) is 11.3. The van der Waals surface area contributed by atoms with Gasteiger partial charge in [-0.15, -0.1) is 0 Å². The van der Waals surface area contributed by atoms with Crippen LogP contribution in [-0.2, 0) is 0 Å². The monoisotopic (exact) mass is 227 g/mol. The molecule has 0 aliphatic rings. The number of nitrogens with one attached hydrogen (secondary N) is 1. The molecule has 1 aromatic heterocycles. The van der Waals surface area contributed by atoms with E-state index in [1.54, 1.807) is 12.3 Å². The Kier molecular flexibility index (Phi) is 5.02. The lowest BCUT2D eigenvalue weighted by molar-refractivity contribution is 0.345. The van der Waals surface area contributed by atoms with Crippen LogP contribution in [0.5, 0.6) is 0 Å². The largest absolute Gasteiger partial charge is 0.271 e. The molecular formula is C11H18ClN3. The van der Waals surface area contributed by atoms with E-state index in [0.717, 1.165) is 18.4 Å². The molecule has 1 heterocycles. The van der Waals surface area contributed by atoms with Gasteiger partial charge in [0, 0.05) is 6.20 Å². The van der Waals surface area contributed by atoms with E-state index in [-0.39, 0.29) is 6.04 Å². The minimum atomic E-state index is 0.157. The molecule has 1 atom stereocenters. The van der Waals surface area contributed by atoms with E-state index in [0.29, 0.717) is 11.1 Å². The number of rotatable bonds is 5. The molecule has 1 rings (SSSR count). The van der Waals surface area contributed by atoms with Crippen LogP contribution in [-0.4, -0.2) is 4.98 Å². The van der Waals surface area contributed by atoms with Crippen molar-refractivity contribution in [3.05, 3.63) is 29.0 Å². The summed E-state index contributed by atoms with van der Waals surface area (Å²) in [6, 6.07) is 3.92. The van der Waals surface area contributed by atoms with Crippen molar-refractivity contribution in [1.29, 1.82) is 0 Å². The fraction of sp³-hybridized carbons (Fsp3) is 0.545. The summed E-state index contributed by atoms with van der Waals surface area (Å²) in [5, 5.41) is 0.513. The van der Waals surface area contributed by atoms with Gasteiger partial charge in [-0.25, -0.2) is 4.98 Å². The van der Waals surface area contributed by atoms with Crippen LogP contribution in [0.4, 0.5) is 0 Å². The average molecular weight is 228 g/mol. The number of nitrogens with two attached hydrogens (primary N) is 1.